The molecule has 9 heteroatoms. The van der Waals surface area contributed by atoms with Gasteiger partial charge in [0.2, 0.25) is 5.91 Å². The monoisotopic (exact) mass is 412 g/mol. The van der Waals surface area contributed by atoms with E-state index in [0.717, 1.165) is 30.7 Å². The van der Waals surface area contributed by atoms with E-state index in [9.17, 15) is 18.8 Å². The molecular weight excluding hydrogens is 395 g/mol. The molecule has 4 rings (SSSR count). The second kappa shape index (κ2) is 8.04. The third-order valence-electron chi connectivity index (χ3n) is 4.45. The number of hydrazine groups is 1. The maximum atomic E-state index is 13.6. The molecule has 7 nitrogen and oxygen atoms in total. The maximum Gasteiger partial charge on any atom is 0.272 e. The van der Waals surface area contributed by atoms with Gasteiger partial charge in [0, 0.05) is 6.04 Å². The summed E-state index contributed by atoms with van der Waals surface area (Å²) in [6, 6.07) is 12.7. The molecule has 148 valence electrons. The molecule has 2 amide bonds. The number of hydrogen-bond acceptors (Lipinski definition) is 5. The molecule has 0 aliphatic heterocycles. The molecule has 1 aromatic heterocycles. The number of aromatic nitrogens is 2. The van der Waals surface area contributed by atoms with Crippen molar-refractivity contribution in [2.45, 2.75) is 24.0 Å². The van der Waals surface area contributed by atoms with E-state index < -0.39 is 17.6 Å². The predicted molar refractivity (Wildman–Crippen MR) is 107 cm³/mol. The first-order valence-electron chi connectivity index (χ1n) is 9.02. The van der Waals surface area contributed by atoms with Crippen LogP contribution < -0.4 is 16.4 Å². The minimum Gasteiger partial charge on any atom is -0.284 e. The lowest BCUT2D eigenvalue weighted by Gasteiger charge is -2.12. The van der Waals surface area contributed by atoms with E-state index in [2.05, 4.69) is 15.8 Å². The first-order chi connectivity index (χ1) is 14.0. The van der Waals surface area contributed by atoms with Gasteiger partial charge in [-0.2, -0.15) is 0 Å². The molecule has 1 fully saturated rings. The summed E-state index contributed by atoms with van der Waals surface area (Å²) in [6.07, 6.45) is 1.80. The third-order valence-corrected chi connectivity index (χ3v) is 5.41. The highest BCUT2D eigenvalue weighted by Crippen LogP contribution is 2.36. The molecule has 1 aliphatic rings. The molecule has 29 heavy (non-hydrogen) atoms. The van der Waals surface area contributed by atoms with Gasteiger partial charge >= 0.3 is 0 Å². The van der Waals surface area contributed by atoms with Crippen LogP contribution in [0.15, 0.2) is 58.5 Å². The number of fused-ring (bicyclic) bond motifs is 1. The van der Waals surface area contributed by atoms with Crippen molar-refractivity contribution in [3.8, 4) is 0 Å². The van der Waals surface area contributed by atoms with Crippen LogP contribution in [0, 0.1) is 5.82 Å². The van der Waals surface area contributed by atoms with Crippen molar-refractivity contribution in [1.29, 1.82) is 0 Å². The molecule has 1 aliphatic carbocycles. The minimum absolute atomic E-state index is 0.0605. The van der Waals surface area contributed by atoms with Crippen LogP contribution in [0.5, 0.6) is 0 Å². The van der Waals surface area contributed by atoms with Gasteiger partial charge in [0.15, 0.2) is 5.16 Å². The van der Waals surface area contributed by atoms with Crippen LogP contribution in [0.3, 0.4) is 0 Å². The highest BCUT2D eigenvalue weighted by Gasteiger charge is 2.28. The lowest BCUT2D eigenvalue weighted by Crippen LogP contribution is -2.42. The number of thioether (sulfide) groups is 1. The van der Waals surface area contributed by atoms with E-state index in [1.807, 2.05) is 0 Å². The zero-order valence-corrected chi connectivity index (χ0v) is 16.0. The largest absolute Gasteiger partial charge is 0.284 e. The number of carbonyl (C=O) groups excluding carboxylic acids is 2. The lowest BCUT2D eigenvalue weighted by molar-refractivity contribution is -0.119. The summed E-state index contributed by atoms with van der Waals surface area (Å²) in [7, 11) is 0. The Morgan fingerprint density at radius 1 is 1.10 bits per heavy atom. The fraction of sp³-hybridized carbons (Fsp3) is 0.200. The second-order valence-corrected chi connectivity index (χ2v) is 7.53. The predicted octanol–water partition coefficient (Wildman–Crippen LogP) is 2.42. The van der Waals surface area contributed by atoms with Gasteiger partial charge in [-0.15, -0.1) is 0 Å². The fourth-order valence-electron chi connectivity index (χ4n) is 2.89. The van der Waals surface area contributed by atoms with E-state index in [0.29, 0.717) is 16.1 Å². The van der Waals surface area contributed by atoms with Crippen molar-refractivity contribution in [2.24, 2.45) is 0 Å². The van der Waals surface area contributed by atoms with Gasteiger partial charge in [-0.05, 0) is 37.1 Å². The molecule has 1 heterocycles. The molecule has 0 spiro atoms. The Morgan fingerprint density at radius 2 is 1.83 bits per heavy atom. The third kappa shape index (κ3) is 4.14. The Morgan fingerprint density at radius 3 is 2.59 bits per heavy atom. The number of rotatable bonds is 5. The molecule has 0 radical (unpaired) electrons. The van der Waals surface area contributed by atoms with Crippen molar-refractivity contribution >= 4 is 34.5 Å². The van der Waals surface area contributed by atoms with Gasteiger partial charge < -0.3 is 0 Å². The summed E-state index contributed by atoms with van der Waals surface area (Å²) in [5, 5.41) is 1.01. The SMILES string of the molecule is O=C(CSc1nc2ccccc2c(=O)n1C1CC1)NNC(=O)c1ccccc1F. The second-order valence-electron chi connectivity index (χ2n) is 6.59. The number of carbonyl (C=O) groups is 2. The normalized spacial score (nSPS) is 13.3. The standard InChI is InChI=1S/C20H17FN4O3S/c21-15-7-3-1-5-13(15)18(27)24-23-17(26)11-29-20-22-16-8-4-2-6-14(16)19(28)25(20)12-9-10-12/h1-8,12H,9-11H2,(H,23,26)(H,24,27). The van der Waals surface area contributed by atoms with Crippen molar-refractivity contribution in [2.75, 3.05) is 5.75 Å². The number of para-hydroxylation sites is 1. The van der Waals surface area contributed by atoms with Gasteiger partial charge in [-0.1, -0.05) is 36.0 Å². The number of benzene rings is 2. The molecule has 0 atom stereocenters. The summed E-state index contributed by atoms with van der Waals surface area (Å²) in [5.41, 5.74) is 4.73. The molecular formula is C20H17FN4O3S. The van der Waals surface area contributed by atoms with E-state index in [1.54, 1.807) is 28.8 Å². The average molecular weight is 412 g/mol. The summed E-state index contributed by atoms with van der Waals surface area (Å²) in [6.45, 7) is 0. The Hall–Kier alpha value is -3.20. The Kier molecular flexibility index (Phi) is 5.30. The quantitative estimate of drug-likeness (QED) is 0.381. The van der Waals surface area contributed by atoms with Crippen LogP contribution in [0.1, 0.15) is 29.2 Å². The molecule has 1 saturated carbocycles. The summed E-state index contributed by atoms with van der Waals surface area (Å²) in [5.74, 6) is -1.98. The van der Waals surface area contributed by atoms with Crippen LogP contribution in [-0.2, 0) is 4.79 Å². The number of amides is 2. The fourth-order valence-corrected chi connectivity index (χ4v) is 3.75. The van der Waals surface area contributed by atoms with Crippen molar-refractivity contribution < 1.29 is 14.0 Å². The zero-order valence-electron chi connectivity index (χ0n) is 15.2. The molecule has 2 aromatic carbocycles. The summed E-state index contributed by atoms with van der Waals surface area (Å²) in [4.78, 5) is 41.4. The Bertz CT molecular complexity index is 1160. The molecule has 0 bridgehead atoms. The Labute approximate surface area is 169 Å². The van der Waals surface area contributed by atoms with E-state index >= 15 is 0 Å². The van der Waals surface area contributed by atoms with Crippen LogP contribution >= 0.6 is 11.8 Å². The average Bonchev–Trinajstić information content (AvgIpc) is 3.56. The van der Waals surface area contributed by atoms with Gasteiger partial charge in [0.25, 0.3) is 11.5 Å². The summed E-state index contributed by atoms with van der Waals surface area (Å²) >= 11 is 1.12. The van der Waals surface area contributed by atoms with Crippen LogP contribution in [0.4, 0.5) is 4.39 Å². The smallest absolute Gasteiger partial charge is 0.272 e. The molecule has 2 N–H and O–H groups in total. The van der Waals surface area contributed by atoms with E-state index in [4.69, 9.17) is 0 Å². The van der Waals surface area contributed by atoms with Crippen molar-refractivity contribution in [1.82, 2.24) is 20.4 Å². The minimum atomic E-state index is -0.750. The first kappa shape index (κ1) is 19.1. The molecule has 0 saturated heterocycles. The van der Waals surface area contributed by atoms with Crippen LogP contribution in [0.2, 0.25) is 0 Å². The lowest BCUT2D eigenvalue weighted by atomic mass is 10.2. The Balaban J connectivity index is 1.44. The highest BCUT2D eigenvalue weighted by molar-refractivity contribution is 7.99. The highest BCUT2D eigenvalue weighted by atomic mass is 32.2. The van der Waals surface area contributed by atoms with Crippen LogP contribution in [-0.4, -0.2) is 27.1 Å². The molecule has 0 unspecified atom stereocenters. The van der Waals surface area contributed by atoms with E-state index in [1.165, 1.54) is 18.2 Å². The van der Waals surface area contributed by atoms with Crippen LogP contribution in [0.25, 0.3) is 10.9 Å². The number of halogens is 1. The van der Waals surface area contributed by atoms with E-state index in [-0.39, 0.29) is 22.9 Å². The first-order valence-corrected chi connectivity index (χ1v) is 10.0. The number of nitrogens with one attached hydrogen (secondary N) is 2. The number of nitrogens with zero attached hydrogens (tertiary/aromatic N) is 2. The maximum absolute atomic E-state index is 13.6. The van der Waals surface area contributed by atoms with Crippen molar-refractivity contribution in [3.05, 3.63) is 70.3 Å². The molecule has 3 aromatic rings. The van der Waals surface area contributed by atoms with Gasteiger partial charge in [-0.25, -0.2) is 9.37 Å². The number of hydrogen-bond donors (Lipinski definition) is 2. The van der Waals surface area contributed by atoms with Gasteiger partial charge in [0.05, 0.1) is 22.2 Å². The van der Waals surface area contributed by atoms with Crippen molar-refractivity contribution in [3.63, 3.8) is 0 Å². The zero-order chi connectivity index (χ0) is 20.4. The summed E-state index contributed by atoms with van der Waals surface area (Å²) < 4.78 is 15.2. The van der Waals surface area contributed by atoms with Gasteiger partial charge in [0.1, 0.15) is 5.82 Å². The van der Waals surface area contributed by atoms with Gasteiger partial charge in [-0.3, -0.25) is 29.8 Å². The topological polar surface area (TPSA) is 93.1 Å².